The zero-order valence-electron chi connectivity index (χ0n) is 8.44. The molecule has 0 saturated carbocycles. The lowest BCUT2D eigenvalue weighted by Gasteiger charge is -2.28. The first kappa shape index (κ1) is 9.68. The number of hydrogen-bond acceptors (Lipinski definition) is 4. The molecule has 78 valence electrons. The molecule has 1 aromatic rings. The molecule has 1 aromatic heterocycles. The topological polar surface area (TPSA) is 49.5 Å². The smallest absolute Gasteiger partial charge is 0.138 e. The summed E-state index contributed by atoms with van der Waals surface area (Å²) in [5, 5.41) is 13.1. The van der Waals surface area contributed by atoms with Crippen LogP contribution in [0.5, 0.6) is 0 Å². The number of aryl methyl sites for hydroxylation is 1. The van der Waals surface area contributed by atoms with Gasteiger partial charge in [-0.05, 0) is 19.8 Å². The van der Waals surface area contributed by atoms with Crippen molar-refractivity contribution in [1.29, 1.82) is 0 Å². The van der Waals surface area contributed by atoms with Gasteiger partial charge in [-0.1, -0.05) is 5.16 Å². The highest BCUT2D eigenvalue weighted by Gasteiger charge is 2.18. The molecule has 1 aliphatic heterocycles. The molecule has 0 amide bonds. The van der Waals surface area contributed by atoms with Gasteiger partial charge < -0.3 is 9.63 Å². The molecule has 4 heteroatoms. The van der Waals surface area contributed by atoms with Crippen molar-refractivity contribution in [2.45, 2.75) is 32.4 Å². The summed E-state index contributed by atoms with van der Waals surface area (Å²) in [5.74, 6) is 0.899. The van der Waals surface area contributed by atoms with Gasteiger partial charge in [-0.15, -0.1) is 0 Å². The number of likely N-dealkylation sites (tertiary alicyclic amines) is 1. The van der Waals surface area contributed by atoms with Gasteiger partial charge in [0.1, 0.15) is 5.76 Å². The highest BCUT2D eigenvalue weighted by Crippen LogP contribution is 2.15. The van der Waals surface area contributed by atoms with Gasteiger partial charge in [0.15, 0.2) is 0 Å². The van der Waals surface area contributed by atoms with Crippen LogP contribution in [-0.4, -0.2) is 34.4 Å². The van der Waals surface area contributed by atoms with E-state index in [1.165, 1.54) is 0 Å². The molecule has 14 heavy (non-hydrogen) atoms. The average molecular weight is 196 g/mol. The minimum absolute atomic E-state index is 0.102. The highest BCUT2D eigenvalue weighted by atomic mass is 16.5. The van der Waals surface area contributed by atoms with E-state index < -0.39 is 0 Å². The molecule has 2 rings (SSSR count). The second kappa shape index (κ2) is 4.11. The molecule has 0 aromatic carbocycles. The molecule has 1 saturated heterocycles. The molecule has 0 unspecified atom stereocenters. The van der Waals surface area contributed by atoms with E-state index in [9.17, 15) is 5.11 Å². The van der Waals surface area contributed by atoms with Crippen molar-refractivity contribution in [3.05, 3.63) is 17.5 Å². The quantitative estimate of drug-likeness (QED) is 0.764. The Balaban J connectivity index is 1.89. The Bertz CT molecular complexity index is 290. The standard InChI is InChI=1S/C10H16N2O2/c1-8-9(6-11-14-8)7-12-4-2-10(13)3-5-12/h6,10,13H,2-5,7H2,1H3. The fourth-order valence-electron chi connectivity index (χ4n) is 1.79. The maximum atomic E-state index is 9.35. The first-order chi connectivity index (χ1) is 6.75. The predicted octanol–water partition coefficient (Wildman–Crippen LogP) is 0.940. The van der Waals surface area contributed by atoms with Crippen LogP contribution in [0.15, 0.2) is 10.7 Å². The molecular weight excluding hydrogens is 180 g/mol. The molecule has 0 radical (unpaired) electrons. The van der Waals surface area contributed by atoms with Crippen LogP contribution in [0.2, 0.25) is 0 Å². The van der Waals surface area contributed by atoms with Crippen molar-refractivity contribution < 1.29 is 9.63 Å². The summed E-state index contributed by atoms with van der Waals surface area (Å²) < 4.78 is 5.00. The van der Waals surface area contributed by atoms with E-state index in [0.29, 0.717) is 0 Å². The maximum Gasteiger partial charge on any atom is 0.138 e. The summed E-state index contributed by atoms with van der Waals surface area (Å²) in [7, 11) is 0. The van der Waals surface area contributed by atoms with E-state index in [-0.39, 0.29) is 6.10 Å². The van der Waals surface area contributed by atoms with Gasteiger partial charge in [-0.3, -0.25) is 4.90 Å². The van der Waals surface area contributed by atoms with E-state index in [1.54, 1.807) is 6.20 Å². The normalized spacial score (nSPS) is 20.1. The monoisotopic (exact) mass is 196 g/mol. The van der Waals surface area contributed by atoms with Crippen LogP contribution in [-0.2, 0) is 6.54 Å². The number of aromatic nitrogens is 1. The summed E-state index contributed by atoms with van der Waals surface area (Å²) in [6.45, 7) is 4.75. The zero-order valence-corrected chi connectivity index (χ0v) is 8.44. The lowest BCUT2D eigenvalue weighted by Crippen LogP contribution is -2.35. The molecule has 0 atom stereocenters. The SMILES string of the molecule is Cc1oncc1CN1CCC(O)CC1. The summed E-state index contributed by atoms with van der Waals surface area (Å²) in [6, 6.07) is 0. The lowest BCUT2D eigenvalue weighted by molar-refractivity contribution is 0.0790. The first-order valence-electron chi connectivity index (χ1n) is 5.06. The van der Waals surface area contributed by atoms with Gasteiger partial charge in [0.2, 0.25) is 0 Å². The summed E-state index contributed by atoms with van der Waals surface area (Å²) >= 11 is 0. The number of hydrogen-bond donors (Lipinski definition) is 1. The fourth-order valence-corrected chi connectivity index (χ4v) is 1.79. The Kier molecular flexibility index (Phi) is 2.84. The van der Waals surface area contributed by atoms with E-state index >= 15 is 0 Å². The Labute approximate surface area is 83.5 Å². The Morgan fingerprint density at radius 3 is 2.86 bits per heavy atom. The molecule has 0 bridgehead atoms. The van der Waals surface area contributed by atoms with E-state index in [2.05, 4.69) is 10.1 Å². The third-order valence-corrected chi connectivity index (χ3v) is 2.80. The van der Waals surface area contributed by atoms with Gasteiger partial charge in [-0.25, -0.2) is 0 Å². The molecule has 0 spiro atoms. The van der Waals surface area contributed by atoms with E-state index in [0.717, 1.165) is 43.8 Å². The Hall–Kier alpha value is -0.870. The summed E-state index contributed by atoms with van der Waals surface area (Å²) in [6.07, 6.45) is 3.43. The van der Waals surface area contributed by atoms with E-state index in [4.69, 9.17) is 4.52 Å². The second-order valence-corrected chi connectivity index (χ2v) is 3.91. The van der Waals surface area contributed by atoms with Crippen LogP contribution >= 0.6 is 0 Å². The number of aliphatic hydroxyl groups is 1. The molecule has 4 nitrogen and oxygen atoms in total. The van der Waals surface area contributed by atoms with Crippen LogP contribution in [0, 0.1) is 6.92 Å². The van der Waals surface area contributed by atoms with Crippen molar-refractivity contribution in [2.75, 3.05) is 13.1 Å². The second-order valence-electron chi connectivity index (χ2n) is 3.91. The Morgan fingerprint density at radius 1 is 1.57 bits per heavy atom. The van der Waals surface area contributed by atoms with Crippen molar-refractivity contribution >= 4 is 0 Å². The van der Waals surface area contributed by atoms with Crippen molar-refractivity contribution in [1.82, 2.24) is 10.1 Å². The van der Waals surface area contributed by atoms with Crippen LogP contribution in [0.1, 0.15) is 24.2 Å². The molecule has 2 heterocycles. The molecule has 1 fully saturated rings. The van der Waals surface area contributed by atoms with Crippen LogP contribution in [0.4, 0.5) is 0 Å². The van der Waals surface area contributed by atoms with Crippen molar-refractivity contribution in [2.24, 2.45) is 0 Å². The van der Waals surface area contributed by atoms with Gasteiger partial charge in [0.25, 0.3) is 0 Å². The van der Waals surface area contributed by atoms with Crippen LogP contribution in [0.3, 0.4) is 0 Å². The molecule has 0 aliphatic carbocycles. The summed E-state index contributed by atoms with van der Waals surface area (Å²) in [4.78, 5) is 2.33. The first-order valence-corrected chi connectivity index (χ1v) is 5.06. The largest absolute Gasteiger partial charge is 0.393 e. The van der Waals surface area contributed by atoms with Gasteiger partial charge in [0.05, 0.1) is 12.3 Å². The van der Waals surface area contributed by atoms with Gasteiger partial charge in [-0.2, -0.15) is 0 Å². The zero-order chi connectivity index (χ0) is 9.97. The Morgan fingerprint density at radius 2 is 2.29 bits per heavy atom. The number of rotatable bonds is 2. The molecular formula is C10H16N2O2. The van der Waals surface area contributed by atoms with Gasteiger partial charge >= 0.3 is 0 Å². The summed E-state index contributed by atoms with van der Waals surface area (Å²) in [5.41, 5.74) is 1.15. The predicted molar refractivity (Wildman–Crippen MR) is 51.8 cm³/mol. The average Bonchev–Trinajstić information content (AvgIpc) is 2.56. The number of nitrogens with zero attached hydrogens (tertiary/aromatic N) is 2. The lowest BCUT2D eigenvalue weighted by atomic mass is 10.1. The highest BCUT2D eigenvalue weighted by molar-refractivity contribution is 5.11. The van der Waals surface area contributed by atoms with Crippen LogP contribution < -0.4 is 0 Å². The minimum atomic E-state index is -0.102. The maximum absolute atomic E-state index is 9.35. The van der Waals surface area contributed by atoms with Crippen molar-refractivity contribution in [3.63, 3.8) is 0 Å². The number of aliphatic hydroxyl groups excluding tert-OH is 1. The molecule has 1 N–H and O–H groups in total. The fraction of sp³-hybridized carbons (Fsp3) is 0.700. The van der Waals surface area contributed by atoms with Crippen molar-refractivity contribution in [3.8, 4) is 0 Å². The van der Waals surface area contributed by atoms with E-state index in [1.807, 2.05) is 6.92 Å². The van der Waals surface area contributed by atoms with Crippen LogP contribution in [0.25, 0.3) is 0 Å². The van der Waals surface area contributed by atoms with Gasteiger partial charge in [0, 0.05) is 25.2 Å². The third kappa shape index (κ3) is 2.13. The minimum Gasteiger partial charge on any atom is -0.393 e. The third-order valence-electron chi connectivity index (χ3n) is 2.80. The number of piperidine rings is 1. The molecule has 1 aliphatic rings.